The zero-order valence-electron chi connectivity index (χ0n) is 11.1. The van der Waals surface area contributed by atoms with Gasteiger partial charge in [-0.15, -0.1) is 0 Å². The molecule has 2 rings (SSSR count). The summed E-state index contributed by atoms with van der Waals surface area (Å²) >= 11 is 5.96. The average Bonchev–Trinajstić information content (AvgIpc) is 2.43. The van der Waals surface area contributed by atoms with Crippen molar-refractivity contribution in [3.05, 3.63) is 52.5 Å². The normalized spacial score (nSPS) is 10.9. The highest BCUT2D eigenvalue weighted by molar-refractivity contribution is 7.92. The first-order chi connectivity index (χ1) is 9.83. The zero-order chi connectivity index (χ0) is 15.6. The number of hydrogen-bond acceptors (Lipinski definition) is 4. The van der Waals surface area contributed by atoms with Crippen LogP contribution in [0.2, 0.25) is 5.02 Å². The van der Waals surface area contributed by atoms with Crippen molar-refractivity contribution in [1.82, 2.24) is 0 Å². The van der Waals surface area contributed by atoms with E-state index in [4.69, 9.17) is 22.6 Å². The van der Waals surface area contributed by atoms with Gasteiger partial charge >= 0.3 is 0 Å². The van der Waals surface area contributed by atoms with E-state index in [-0.39, 0.29) is 15.6 Å². The van der Waals surface area contributed by atoms with Crippen molar-refractivity contribution in [3.8, 4) is 6.07 Å². The van der Waals surface area contributed by atoms with E-state index < -0.39 is 10.0 Å². The van der Waals surface area contributed by atoms with Gasteiger partial charge in [0, 0.05) is 5.69 Å². The fourth-order valence-electron chi connectivity index (χ4n) is 1.69. The van der Waals surface area contributed by atoms with Gasteiger partial charge in [0.15, 0.2) is 0 Å². The van der Waals surface area contributed by atoms with E-state index in [1.165, 1.54) is 36.4 Å². The summed E-state index contributed by atoms with van der Waals surface area (Å²) in [4.78, 5) is 0.0922. The molecular weight excluding hydrogens is 310 g/mol. The molecule has 0 unspecified atom stereocenters. The van der Waals surface area contributed by atoms with Crippen LogP contribution in [0.1, 0.15) is 11.1 Å². The second-order valence-electron chi connectivity index (χ2n) is 4.43. The molecule has 0 amide bonds. The number of aryl methyl sites for hydroxylation is 1. The molecule has 0 saturated carbocycles. The number of nitrogens with one attached hydrogen (secondary N) is 1. The second kappa shape index (κ2) is 5.64. The summed E-state index contributed by atoms with van der Waals surface area (Å²) in [5.41, 5.74) is 7.43. The van der Waals surface area contributed by atoms with Crippen molar-refractivity contribution in [2.45, 2.75) is 11.8 Å². The molecule has 2 aromatic carbocycles. The molecule has 0 saturated heterocycles. The standard InChI is InChI=1S/C14H12ClN3O2S/c1-9-6-11(3-4-13(9)17)21(19,20)18-14-5-2-10(8-16)7-12(14)15/h2-7,18H,17H2,1H3. The van der Waals surface area contributed by atoms with E-state index in [0.717, 1.165) is 0 Å². The van der Waals surface area contributed by atoms with Crippen LogP contribution in [0, 0.1) is 18.3 Å². The molecule has 0 bridgehead atoms. The summed E-state index contributed by atoms with van der Waals surface area (Å²) < 4.78 is 27.0. The first kappa shape index (κ1) is 15.2. The van der Waals surface area contributed by atoms with Crippen LogP contribution in [-0.4, -0.2) is 8.42 Å². The first-order valence-corrected chi connectivity index (χ1v) is 7.78. The molecule has 7 heteroatoms. The highest BCUT2D eigenvalue weighted by Crippen LogP contribution is 2.26. The van der Waals surface area contributed by atoms with Crippen molar-refractivity contribution in [3.63, 3.8) is 0 Å². The Balaban J connectivity index is 2.37. The average molecular weight is 322 g/mol. The third-order valence-electron chi connectivity index (χ3n) is 2.89. The Hall–Kier alpha value is -2.23. The number of nitrogens with zero attached hydrogens (tertiary/aromatic N) is 1. The van der Waals surface area contributed by atoms with Crippen LogP contribution in [0.3, 0.4) is 0 Å². The van der Waals surface area contributed by atoms with Crippen LogP contribution in [0.5, 0.6) is 0 Å². The zero-order valence-corrected chi connectivity index (χ0v) is 12.7. The van der Waals surface area contributed by atoms with Gasteiger partial charge in [0.2, 0.25) is 0 Å². The molecule has 0 aliphatic heterocycles. The molecular formula is C14H12ClN3O2S. The number of rotatable bonds is 3. The maximum atomic E-state index is 12.3. The molecule has 0 aromatic heterocycles. The summed E-state index contributed by atoms with van der Waals surface area (Å²) in [6, 6.07) is 10.7. The predicted octanol–water partition coefficient (Wildman–Crippen LogP) is 2.90. The van der Waals surface area contributed by atoms with E-state index in [1.54, 1.807) is 6.92 Å². The number of nitriles is 1. The SMILES string of the molecule is Cc1cc(S(=O)(=O)Nc2ccc(C#N)cc2Cl)ccc1N. The molecule has 0 aliphatic carbocycles. The predicted molar refractivity (Wildman–Crippen MR) is 82.6 cm³/mol. The highest BCUT2D eigenvalue weighted by atomic mass is 35.5. The molecule has 0 heterocycles. The topological polar surface area (TPSA) is 96.0 Å². The minimum Gasteiger partial charge on any atom is -0.399 e. The Labute approximate surface area is 128 Å². The van der Waals surface area contributed by atoms with Gasteiger partial charge in [-0.25, -0.2) is 8.42 Å². The lowest BCUT2D eigenvalue weighted by atomic mass is 10.2. The minimum atomic E-state index is -3.77. The van der Waals surface area contributed by atoms with Crippen molar-refractivity contribution < 1.29 is 8.42 Å². The van der Waals surface area contributed by atoms with Crippen molar-refractivity contribution >= 4 is 33.0 Å². The number of sulfonamides is 1. The van der Waals surface area contributed by atoms with Gasteiger partial charge in [-0.1, -0.05) is 11.6 Å². The fraction of sp³-hybridized carbons (Fsp3) is 0.0714. The molecule has 2 aromatic rings. The summed E-state index contributed by atoms with van der Waals surface area (Å²) in [5.74, 6) is 0. The third kappa shape index (κ3) is 3.27. The monoisotopic (exact) mass is 321 g/mol. The van der Waals surface area contributed by atoms with Crippen molar-refractivity contribution in [1.29, 1.82) is 5.26 Å². The number of nitrogen functional groups attached to an aromatic ring is 1. The van der Waals surface area contributed by atoms with Gasteiger partial charge in [-0.05, 0) is 48.9 Å². The first-order valence-electron chi connectivity index (χ1n) is 5.92. The summed E-state index contributed by atoms with van der Waals surface area (Å²) in [6.45, 7) is 1.73. The smallest absolute Gasteiger partial charge is 0.261 e. The summed E-state index contributed by atoms with van der Waals surface area (Å²) in [5, 5.41) is 8.92. The van der Waals surface area contributed by atoms with Gasteiger partial charge in [0.25, 0.3) is 10.0 Å². The number of anilines is 2. The number of hydrogen-bond donors (Lipinski definition) is 2. The second-order valence-corrected chi connectivity index (χ2v) is 6.52. The van der Waals surface area contributed by atoms with Gasteiger partial charge in [-0.3, -0.25) is 4.72 Å². The quantitative estimate of drug-likeness (QED) is 0.849. The van der Waals surface area contributed by atoms with Gasteiger partial charge in [0.05, 0.1) is 27.2 Å². The van der Waals surface area contributed by atoms with E-state index in [1.807, 2.05) is 6.07 Å². The van der Waals surface area contributed by atoms with Gasteiger partial charge in [0.1, 0.15) is 0 Å². The molecule has 0 fully saturated rings. The Morgan fingerprint density at radius 1 is 1.24 bits per heavy atom. The van der Waals surface area contributed by atoms with Gasteiger partial charge in [-0.2, -0.15) is 5.26 Å². The van der Waals surface area contributed by atoms with Crippen LogP contribution >= 0.6 is 11.6 Å². The Kier molecular flexibility index (Phi) is 4.07. The molecule has 3 N–H and O–H groups in total. The molecule has 5 nitrogen and oxygen atoms in total. The van der Waals surface area contributed by atoms with Crippen molar-refractivity contribution in [2.24, 2.45) is 0 Å². The number of nitrogens with two attached hydrogens (primary N) is 1. The number of halogens is 1. The van der Waals surface area contributed by atoms with Gasteiger partial charge < -0.3 is 5.73 Å². The number of benzene rings is 2. The molecule has 0 atom stereocenters. The molecule has 0 radical (unpaired) electrons. The maximum absolute atomic E-state index is 12.3. The lowest BCUT2D eigenvalue weighted by Gasteiger charge is -2.11. The van der Waals surface area contributed by atoms with Crippen LogP contribution in [0.25, 0.3) is 0 Å². The third-order valence-corrected chi connectivity index (χ3v) is 4.57. The molecule has 0 spiro atoms. The van der Waals surface area contributed by atoms with Crippen LogP contribution in [-0.2, 0) is 10.0 Å². The lowest BCUT2D eigenvalue weighted by Crippen LogP contribution is -2.13. The molecule has 108 valence electrons. The minimum absolute atomic E-state index is 0.0922. The maximum Gasteiger partial charge on any atom is 0.261 e. The Morgan fingerprint density at radius 3 is 2.52 bits per heavy atom. The Morgan fingerprint density at radius 2 is 1.95 bits per heavy atom. The van der Waals surface area contributed by atoms with E-state index in [0.29, 0.717) is 16.8 Å². The van der Waals surface area contributed by atoms with E-state index >= 15 is 0 Å². The fourth-order valence-corrected chi connectivity index (χ4v) is 3.13. The van der Waals surface area contributed by atoms with E-state index in [9.17, 15) is 8.42 Å². The van der Waals surface area contributed by atoms with Crippen LogP contribution in [0.4, 0.5) is 11.4 Å². The molecule has 21 heavy (non-hydrogen) atoms. The lowest BCUT2D eigenvalue weighted by molar-refractivity contribution is 0.601. The van der Waals surface area contributed by atoms with Crippen molar-refractivity contribution in [2.75, 3.05) is 10.5 Å². The van der Waals surface area contributed by atoms with E-state index in [2.05, 4.69) is 4.72 Å². The van der Waals surface area contributed by atoms with Crippen LogP contribution < -0.4 is 10.5 Å². The molecule has 0 aliphatic rings. The largest absolute Gasteiger partial charge is 0.399 e. The van der Waals surface area contributed by atoms with Crippen LogP contribution in [0.15, 0.2) is 41.3 Å². The summed E-state index contributed by atoms with van der Waals surface area (Å²) in [6.07, 6.45) is 0. The summed E-state index contributed by atoms with van der Waals surface area (Å²) in [7, 11) is -3.77. The Bertz CT molecular complexity index is 842. The highest BCUT2D eigenvalue weighted by Gasteiger charge is 2.16.